The van der Waals surface area contributed by atoms with Gasteiger partial charge in [-0.2, -0.15) is 0 Å². The first-order valence-electron chi connectivity index (χ1n) is 8.19. The van der Waals surface area contributed by atoms with Crippen LogP contribution in [0.3, 0.4) is 0 Å². The quantitative estimate of drug-likeness (QED) is 0.734. The van der Waals surface area contributed by atoms with Crippen LogP contribution in [0.5, 0.6) is 5.75 Å². The van der Waals surface area contributed by atoms with Gasteiger partial charge in [0.05, 0.1) is 20.2 Å². The summed E-state index contributed by atoms with van der Waals surface area (Å²) < 4.78 is 7.90. The molecule has 0 spiro atoms. The Bertz CT molecular complexity index is 732. The van der Waals surface area contributed by atoms with Gasteiger partial charge in [0.25, 0.3) is 0 Å². The second-order valence-electron chi connectivity index (χ2n) is 6.27. The standard InChI is InChI=1S/C20H25N2O.BrH/c1-15-12-16(2)20(17(3)13-15)22-11-7-10-21(14-22)18-8-5-6-9-19(18)23-4;/h5-6,8-9,12-14H,7,10-11H2,1-4H3;1H/q+1;/p-1. The topological polar surface area (TPSA) is 15.5 Å². The Morgan fingerprint density at radius 1 is 1.04 bits per heavy atom. The van der Waals surface area contributed by atoms with E-state index >= 15 is 0 Å². The Morgan fingerprint density at radius 2 is 1.71 bits per heavy atom. The van der Waals surface area contributed by atoms with Gasteiger partial charge >= 0.3 is 0 Å². The van der Waals surface area contributed by atoms with Crippen molar-refractivity contribution in [3.8, 4) is 5.75 Å². The van der Waals surface area contributed by atoms with E-state index < -0.39 is 0 Å². The third kappa shape index (κ3) is 3.64. The summed E-state index contributed by atoms with van der Waals surface area (Å²) in [7, 11) is 1.73. The fraction of sp³-hybridized carbons (Fsp3) is 0.350. The van der Waals surface area contributed by atoms with Crippen molar-refractivity contribution in [1.29, 1.82) is 0 Å². The molecule has 4 heteroatoms. The number of aryl methyl sites for hydroxylation is 3. The maximum absolute atomic E-state index is 5.52. The van der Waals surface area contributed by atoms with Gasteiger partial charge in [0.15, 0.2) is 11.4 Å². The second-order valence-corrected chi connectivity index (χ2v) is 6.27. The van der Waals surface area contributed by atoms with Crippen molar-refractivity contribution in [2.75, 3.05) is 25.1 Å². The Kier molecular flexibility index (Phi) is 6.05. The summed E-state index contributed by atoms with van der Waals surface area (Å²) in [6.07, 6.45) is 3.35. The van der Waals surface area contributed by atoms with Gasteiger partial charge in [0.1, 0.15) is 5.69 Å². The molecule has 24 heavy (non-hydrogen) atoms. The lowest BCUT2D eigenvalue weighted by Gasteiger charge is -2.23. The Balaban J connectivity index is 0.00000208. The molecule has 0 saturated carbocycles. The number of anilines is 1. The maximum Gasteiger partial charge on any atom is 0.244 e. The van der Waals surface area contributed by atoms with Crippen molar-refractivity contribution >= 4 is 17.7 Å². The highest BCUT2D eigenvalue weighted by atomic mass is 79.9. The highest BCUT2D eigenvalue weighted by molar-refractivity contribution is 5.80. The first kappa shape index (κ1) is 18.5. The summed E-state index contributed by atoms with van der Waals surface area (Å²) in [4.78, 5) is 2.29. The molecule has 2 aromatic carbocycles. The number of hydrogen-bond acceptors (Lipinski definition) is 2. The van der Waals surface area contributed by atoms with Crippen molar-refractivity contribution in [2.45, 2.75) is 27.2 Å². The number of ether oxygens (including phenoxy) is 1. The van der Waals surface area contributed by atoms with Crippen LogP contribution in [0.2, 0.25) is 0 Å². The summed E-state index contributed by atoms with van der Waals surface area (Å²) in [5.41, 5.74) is 6.45. The second kappa shape index (κ2) is 7.84. The number of benzene rings is 2. The summed E-state index contributed by atoms with van der Waals surface area (Å²) in [5.74, 6) is 0.919. The zero-order chi connectivity index (χ0) is 16.4. The maximum atomic E-state index is 5.52. The van der Waals surface area contributed by atoms with Crippen molar-refractivity contribution in [2.24, 2.45) is 0 Å². The van der Waals surface area contributed by atoms with E-state index in [0.717, 1.165) is 30.9 Å². The van der Waals surface area contributed by atoms with Crippen LogP contribution in [0.4, 0.5) is 11.4 Å². The smallest absolute Gasteiger partial charge is 0.244 e. The minimum absolute atomic E-state index is 0. The molecule has 3 nitrogen and oxygen atoms in total. The number of methoxy groups -OCH3 is 1. The van der Waals surface area contributed by atoms with Crippen LogP contribution >= 0.6 is 0 Å². The van der Waals surface area contributed by atoms with Gasteiger partial charge < -0.3 is 21.7 Å². The zero-order valence-electron chi connectivity index (χ0n) is 14.8. The van der Waals surface area contributed by atoms with Crippen molar-refractivity contribution < 1.29 is 26.3 Å². The summed E-state index contributed by atoms with van der Waals surface area (Å²) >= 11 is 0. The Morgan fingerprint density at radius 3 is 2.38 bits per heavy atom. The van der Waals surface area contributed by atoms with Gasteiger partial charge in [0, 0.05) is 6.42 Å². The van der Waals surface area contributed by atoms with E-state index in [4.69, 9.17) is 4.74 Å². The van der Waals surface area contributed by atoms with Gasteiger partial charge in [-0.3, -0.25) is 0 Å². The number of hydrogen-bond donors (Lipinski definition) is 0. The van der Waals surface area contributed by atoms with Crippen LogP contribution in [0, 0.1) is 20.8 Å². The van der Waals surface area contributed by atoms with E-state index in [9.17, 15) is 0 Å². The number of para-hydroxylation sites is 2. The van der Waals surface area contributed by atoms with Gasteiger partial charge in [-0.25, -0.2) is 9.48 Å². The molecule has 0 aromatic heterocycles. The van der Waals surface area contributed by atoms with Crippen molar-refractivity contribution in [3.05, 3.63) is 53.1 Å². The van der Waals surface area contributed by atoms with Gasteiger partial charge in [-0.15, -0.1) is 0 Å². The molecule has 1 heterocycles. The summed E-state index contributed by atoms with van der Waals surface area (Å²) in [5, 5.41) is 0. The molecule has 0 fully saturated rings. The van der Waals surface area contributed by atoms with Crippen LogP contribution < -0.4 is 26.6 Å². The van der Waals surface area contributed by atoms with Gasteiger partial charge in [-0.05, 0) is 44.0 Å². The lowest BCUT2D eigenvalue weighted by atomic mass is 10.0. The summed E-state index contributed by atoms with van der Waals surface area (Å²) in [6, 6.07) is 12.7. The fourth-order valence-corrected chi connectivity index (χ4v) is 3.54. The van der Waals surface area contributed by atoms with E-state index in [-0.39, 0.29) is 17.0 Å². The largest absolute Gasteiger partial charge is 1.00 e. The highest BCUT2D eigenvalue weighted by Crippen LogP contribution is 2.30. The monoisotopic (exact) mass is 388 g/mol. The lowest BCUT2D eigenvalue weighted by Crippen LogP contribution is -3.00. The van der Waals surface area contributed by atoms with Gasteiger partial charge in [-0.1, -0.05) is 29.8 Å². The third-order valence-electron chi connectivity index (χ3n) is 4.39. The molecule has 0 radical (unpaired) electrons. The lowest BCUT2D eigenvalue weighted by molar-refractivity contribution is -0.441. The average Bonchev–Trinajstić information content (AvgIpc) is 2.54. The molecule has 0 saturated heterocycles. The molecular formula is C20H25BrN2O. The molecule has 3 rings (SSSR count). The van der Waals surface area contributed by atoms with Crippen LogP contribution in [0.15, 0.2) is 36.4 Å². The van der Waals surface area contributed by atoms with Crippen LogP contribution in [-0.2, 0) is 0 Å². The average molecular weight is 389 g/mol. The first-order valence-corrected chi connectivity index (χ1v) is 8.19. The number of halogens is 1. The molecule has 0 bridgehead atoms. The molecule has 0 amide bonds. The molecule has 2 aromatic rings. The van der Waals surface area contributed by atoms with E-state index in [1.807, 2.05) is 12.1 Å². The SMILES string of the molecule is COc1ccccc1N1C=[N+](c2c(C)cc(C)cc2C)CCC1.[Br-]. The van der Waals surface area contributed by atoms with E-state index in [1.165, 1.54) is 22.4 Å². The molecular weight excluding hydrogens is 364 g/mol. The molecule has 0 aliphatic carbocycles. The van der Waals surface area contributed by atoms with Gasteiger partial charge in [0.2, 0.25) is 6.34 Å². The zero-order valence-corrected chi connectivity index (χ0v) is 16.4. The molecule has 0 atom stereocenters. The van der Waals surface area contributed by atoms with E-state index in [2.05, 4.69) is 60.9 Å². The fourth-order valence-electron chi connectivity index (χ4n) is 3.54. The van der Waals surface area contributed by atoms with Crippen LogP contribution in [0.1, 0.15) is 23.1 Å². The van der Waals surface area contributed by atoms with Crippen molar-refractivity contribution in [1.82, 2.24) is 0 Å². The number of rotatable bonds is 3. The van der Waals surface area contributed by atoms with E-state index in [0.29, 0.717) is 0 Å². The minimum Gasteiger partial charge on any atom is -1.00 e. The molecule has 0 unspecified atom stereocenters. The predicted octanol–water partition coefficient (Wildman–Crippen LogP) is 1.21. The van der Waals surface area contributed by atoms with E-state index in [1.54, 1.807) is 7.11 Å². The first-order chi connectivity index (χ1) is 11.1. The molecule has 0 N–H and O–H groups in total. The Labute approximate surface area is 155 Å². The molecule has 1 aliphatic rings. The summed E-state index contributed by atoms with van der Waals surface area (Å²) in [6.45, 7) is 8.62. The highest BCUT2D eigenvalue weighted by Gasteiger charge is 2.24. The normalized spacial score (nSPS) is 14.0. The number of nitrogens with zero attached hydrogens (tertiary/aromatic N) is 2. The van der Waals surface area contributed by atoms with Crippen LogP contribution in [0.25, 0.3) is 0 Å². The minimum atomic E-state index is 0. The predicted molar refractivity (Wildman–Crippen MR) is 96.5 cm³/mol. The molecule has 1 aliphatic heterocycles. The third-order valence-corrected chi connectivity index (χ3v) is 4.39. The van der Waals surface area contributed by atoms with Crippen molar-refractivity contribution in [3.63, 3.8) is 0 Å². The van der Waals surface area contributed by atoms with Crippen LogP contribution in [-0.4, -0.2) is 31.1 Å². The Hall–Kier alpha value is -1.81. The molecule has 128 valence electrons.